The van der Waals surface area contributed by atoms with E-state index in [9.17, 15) is 13.2 Å². The number of rotatable bonds is 6. The zero-order valence-corrected chi connectivity index (χ0v) is 17.0. The van der Waals surface area contributed by atoms with Crippen molar-refractivity contribution in [1.29, 1.82) is 0 Å². The molecule has 0 saturated heterocycles. The van der Waals surface area contributed by atoms with Gasteiger partial charge in [-0.2, -0.15) is 0 Å². The van der Waals surface area contributed by atoms with Gasteiger partial charge < -0.3 is 11.1 Å². The van der Waals surface area contributed by atoms with Crippen LogP contribution in [0.3, 0.4) is 0 Å². The Balaban J connectivity index is 1.86. The van der Waals surface area contributed by atoms with Gasteiger partial charge >= 0.3 is 0 Å². The third kappa shape index (κ3) is 3.80. The molecule has 2 aromatic carbocycles. The number of hydrogen-bond donors (Lipinski definition) is 2. The first-order chi connectivity index (χ1) is 13.8. The fourth-order valence-electron chi connectivity index (χ4n) is 3.56. The highest BCUT2D eigenvalue weighted by atomic mass is 32.2. The van der Waals surface area contributed by atoms with Crippen LogP contribution in [0.5, 0.6) is 0 Å². The fourth-order valence-corrected chi connectivity index (χ4v) is 4.47. The first-order valence-corrected chi connectivity index (χ1v) is 11.3. The van der Waals surface area contributed by atoms with Crippen molar-refractivity contribution in [2.24, 2.45) is 11.7 Å². The Morgan fingerprint density at radius 2 is 1.90 bits per heavy atom. The SMILES string of the molecule is CC(Nc1c(C(N)=O)nnc2cc(-c3ccccc3S(C)(=O)=O)ccc12)C1CC1. The van der Waals surface area contributed by atoms with Crippen molar-refractivity contribution < 1.29 is 13.2 Å². The monoisotopic (exact) mass is 410 g/mol. The van der Waals surface area contributed by atoms with E-state index < -0.39 is 15.7 Å². The average Bonchev–Trinajstić information content (AvgIpc) is 3.52. The lowest BCUT2D eigenvalue weighted by atomic mass is 10.0. The van der Waals surface area contributed by atoms with Crippen LogP contribution in [0, 0.1) is 5.92 Å². The van der Waals surface area contributed by atoms with E-state index in [1.165, 1.54) is 6.26 Å². The maximum atomic E-state index is 12.2. The van der Waals surface area contributed by atoms with Crippen LogP contribution in [0.15, 0.2) is 47.4 Å². The molecule has 1 heterocycles. The van der Waals surface area contributed by atoms with Gasteiger partial charge in [-0.3, -0.25) is 4.79 Å². The zero-order valence-electron chi connectivity index (χ0n) is 16.2. The Morgan fingerprint density at radius 1 is 1.17 bits per heavy atom. The molecule has 1 atom stereocenters. The normalized spacial score (nSPS) is 15.2. The number of carbonyl (C=O) groups is 1. The second kappa shape index (κ2) is 7.11. The number of fused-ring (bicyclic) bond motifs is 1. The van der Waals surface area contributed by atoms with E-state index in [-0.39, 0.29) is 16.6 Å². The van der Waals surface area contributed by atoms with E-state index in [2.05, 4.69) is 22.4 Å². The Morgan fingerprint density at radius 3 is 2.55 bits per heavy atom. The van der Waals surface area contributed by atoms with Crippen LogP contribution in [-0.4, -0.2) is 36.8 Å². The number of primary amides is 1. The number of hydrogen-bond acceptors (Lipinski definition) is 6. The summed E-state index contributed by atoms with van der Waals surface area (Å²) in [5, 5.41) is 12.3. The summed E-state index contributed by atoms with van der Waals surface area (Å²) in [7, 11) is -3.39. The van der Waals surface area contributed by atoms with Crippen molar-refractivity contribution in [3.8, 4) is 11.1 Å². The van der Waals surface area contributed by atoms with Crippen molar-refractivity contribution in [3.63, 3.8) is 0 Å². The van der Waals surface area contributed by atoms with Crippen LogP contribution < -0.4 is 11.1 Å². The quantitative estimate of drug-likeness (QED) is 0.645. The zero-order chi connectivity index (χ0) is 20.8. The summed E-state index contributed by atoms with van der Waals surface area (Å²) < 4.78 is 24.3. The minimum absolute atomic E-state index is 0.106. The van der Waals surface area contributed by atoms with Crippen LogP contribution in [0.2, 0.25) is 0 Å². The number of nitrogens with zero attached hydrogens (tertiary/aromatic N) is 2. The van der Waals surface area contributed by atoms with Crippen LogP contribution in [-0.2, 0) is 9.84 Å². The number of amides is 1. The number of aromatic nitrogens is 2. The highest BCUT2D eigenvalue weighted by Crippen LogP contribution is 2.36. The van der Waals surface area contributed by atoms with Crippen LogP contribution in [0.4, 0.5) is 5.69 Å². The molecule has 3 aromatic rings. The Hall–Kier alpha value is -3.00. The Labute approximate surface area is 169 Å². The molecule has 8 heteroatoms. The number of nitrogens with two attached hydrogens (primary N) is 1. The Bertz CT molecular complexity index is 1220. The minimum atomic E-state index is -3.39. The van der Waals surface area contributed by atoms with Crippen molar-refractivity contribution in [3.05, 3.63) is 48.2 Å². The first kappa shape index (κ1) is 19.3. The van der Waals surface area contributed by atoms with Crippen molar-refractivity contribution in [2.45, 2.75) is 30.7 Å². The molecule has 1 fully saturated rings. The van der Waals surface area contributed by atoms with Gasteiger partial charge in [-0.25, -0.2) is 8.42 Å². The molecule has 0 spiro atoms. The van der Waals surface area contributed by atoms with Crippen LogP contribution >= 0.6 is 0 Å². The van der Waals surface area contributed by atoms with E-state index in [1.54, 1.807) is 30.3 Å². The Kier molecular flexibility index (Phi) is 4.74. The second-order valence-electron chi connectivity index (χ2n) is 7.56. The number of sulfone groups is 1. The largest absolute Gasteiger partial charge is 0.380 e. The molecular formula is C21H22N4O3S. The number of nitrogens with one attached hydrogen (secondary N) is 1. The van der Waals surface area contributed by atoms with Gasteiger partial charge in [-0.15, -0.1) is 10.2 Å². The highest BCUT2D eigenvalue weighted by molar-refractivity contribution is 7.90. The van der Waals surface area contributed by atoms with Gasteiger partial charge in [0, 0.05) is 23.2 Å². The predicted octanol–water partition coefficient (Wildman–Crippen LogP) is 3.01. The number of benzene rings is 2. The third-order valence-electron chi connectivity index (χ3n) is 5.29. The molecule has 1 amide bonds. The summed E-state index contributed by atoms with van der Waals surface area (Å²) in [6.45, 7) is 2.07. The van der Waals surface area contributed by atoms with Crippen molar-refractivity contribution >= 4 is 32.3 Å². The average molecular weight is 410 g/mol. The molecule has 29 heavy (non-hydrogen) atoms. The molecule has 1 aliphatic carbocycles. The summed E-state index contributed by atoms with van der Waals surface area (Å²) in [5.74, 6) is -0.0729. The van der Waals surface area contributed by atoms with Gasteiger partial charge in [0.05, 0.1) is 16.1 Å². The molecule has 0 aliphatic heterocycles. The molecular weight excluding hydrogens is 388 g/mol. The number of anilines is 1. The van der Waals surface area contributed by atoms with Crippen molar-refractivity contribution in [2.75, 3.05) is 11.6 Å². The molecule has 0 radical (unpaired) electrons. The summed E-state index contributed by atoms with van der Waals surface area (Å²) in [4.78, 5) is 12.1. The van der Waals surface area contributed by atoms with Crippen molar-refractivity contribution in [1.82, 2.24) is 10.2 Å². The summed E-state index contributed by atoms with van der Waals surface area (Å²) in [5.41, 5.74) is 8.06. The molecule has 1 aromatic heterocycles. The first-order valence-electron chi connectivity index (χ1n) is 9.42. The van der Waals surface area contributed by atoms with Gasteiger partial charge in [-0.1, -0.05) is 24.3 Å². The van der Waals surface area contributed by atoms with E-state index in [1.807, 2.05) is 12.1 Å². The summed E-state index contributed by atoms with van der Waals surface area (Å²) in [6, 6.07) is 12.5. The van der Waals surface area contributed by atoms with E-state index >= 15 is 0 Å². The van der Waals surface area contributed by atoms with Gasteiger partial charge in [-0.05, 0) is 49.4 Å². The third-order valence-corrected chi connectivity index (χ3v) is 6.45. The van der Waals surface area contributed by atoms with Gasteiger partial charge in [0.15, 0.2) is 15.5 Å². The molecule has 7 nitrogen and oxygen atoms in total. The van der Waals surface area contributed by atoms with E-state index in [0.717, 1.165) is 18.2 Å². The lowest BCUT2D eigenvalue weighted by Gasteiger charge is -2.18. The molecule has 150 valence electrons. The second-order valence-corrected chi connectivity index (χ2v) is 9.54. The summed E-state index contributed by atoms with van der Waals surface area (Å²) >= 11 is 0. The predicted molar refractivity (Wildman–Crippen MR) is 112 cm³/mol. The van der Waals surface area contributed by atoms with Gasteiger partial charge in [0.2, 0.25) is 0 Å². The molecule has 1 unspecified atom stereocenters. The van der Waals surface area contributed by atoms with E-state index in [4.69, 9.17) is 5.73 Å². The highest BCUT2D eigenvalue weighted by Gasteiger charge is 2.29. The standard InChI is InChI=1S/C21H22N4O3S/c1-12(13-7-8-13)23-19-16-10-9-14(11-17(16)24-25-20(19)21(22)26)15-5-3-4-6-18(15)29(2,27)28/h3-6,9-13H,7-8H2,1-2H3,(H2,22,26)(H,23,24). The lowest BCUT2D eigenvalue weighted by Crippen LogP contribution is -2.23. The topological polar surface area (TPSA) is 115 Å². The smallest absolute Gasteiger partial charge is 0.271 e. The lowest BCUT2D eigenvalue weighted by molar-refractivity contribution is 0.0995. The van der Waals surface area contributed by atoms with E-state index in [0.29, 0.717) is 28.2 Å². The van der Waals surface area contributed by atoms with Gasteiger partial charge in [0.25, 0.3) is 5.91 Å². The maximum Gasteiger partial charge on any atom is 0.271 e. The molecule has 1 aliphatic rings. The minimum Gasteiger partial charge on any atom is -0.380 e. The molecule has 0 bridgehead atoms. The fraction of sp³-hybridized carbons (Fsp3) is 0.286. The molecule has 3 N–H and O–H groups in total. The molecule has 4 rings (SSSR count). The van der Waals surface area contributed by atoms with Crippen LogP contribution in [0.25, 0.3) is 22.0 Å². The van der Waals surface area contributed by atoms with Crippen LogP contribution in [0.1, 0.15) is 30.3 Å². The molecule has 1 saturated carbocycles. The van der Waals surface area contributed by atoms with Gasteiger partial charge in [0.1, 0.15) is 0 Å². The number of carbonyl (C=O) groups excluding carboxylic acids is 1. The summed E-state index contributed by atoms with van der Waals surface area (Å²) in [6.07, 6.45) is 3.50. The maximum absolute atomic E-state index is 12.2.